The zero-order valence-electron chi connectivity index (χ0n) is 10.3. The molecule has 1 aromatic heterocycles. The van der Waals surface area contributed by atoms with Gasteiger partial charge in [0.1, 0.15) is 0 Å². The normalized spacial score (nSPS) is 17.5. The van der Waals surface area contributed by atoms with Gasteiger partial charge in [-0.05, 0) is 24.8 Å². The summed E-state index contributed by atoms with van der Waals surface area (Å²) in [6.07, 6.45) is 7.60. The van der Waals surface area contributed by atoms with Crippen molar-refractivity contribution in [1.29, 1.82) is 0 Å². The summed E-state index contributed by atoms with van der Waals surface area (Å²) in [5, 5.41) is 7.07. The van der Waals surface area contributed by atoms with E-state index in [1.807, 2.05) is 19.4 Å². The number of aryl methyl sites for hydroxylation is 1. The lowest BCUT2D eigenvalue weighted by atomic mass is 9.68. The standard InChI is InChI=1S/C12H20N4O/c1-16-8-10(7-15-16)3-6-14-11(17)12(9-13)4-2-5-12/h7-8H,2-6,9,13H2,1H3,(H,14,17). The van der Waals surface area contributed by atoms with Gasteiger partial charge in [-0.25, -0.2) is 0 Å². The number of hydrogen-bond acceptors (Lipinski definition) is 3. The number of carbonyl (C=O) groups is 1. The molecule has 0 unspecified atom stereocenters. The highest BCUT2D eigenvalue weighted by Crippen LogP contribution is 2.39. The van der Waals surface area contributed by atoms with Crippen LogP contribution in [-0.2, 0) is 18.3 Å². The number of nitrogens with one attached hydrogen (secondary N) is 1. The number of nitrogens with zero attached hydrogens (tertiary/aromatic N) is 2. The first kappa shape index (κ1) is 12.1. The van der Waals surface area contributed by atoms with Crippen molar-refractivity contribution in [2.45, 2.75) is 25.7 Å². The van der Waals surface area contributed by atoms with E-state index in [4.69, 9.17) is 5.73 Å². The highest BCUT2D eigenvalue weighted by molar-refractivity contribution is 5.83. The maximum Gasteiger partial charge on any atom is 0.227 e. The molecule has 0 aromatic carbocycles. The Kier molecular flexibility index (Phi) is 3.47. The highest BCUT2D eigenvalue weighted by atomic mass is 16.2. The van der Waals surface area contributed by atoms with Crippen molar-refractivity contribution in [3.63, 3.8) is 0 Å². The molecule has 1 saturated carbocycles. The predicted octanol–water partition coefficient (Wildman–Crippen LogP) is 0.208. The molecule has 1 amide bonds. The molecule has 17 heavy (non-hydrogen) atoms. The average molecular weight is 236 g/mol. The van der Waals surface area contributed by atoms with Crippen LogP contribution in [0.15, 0.2) is 12.4 Å². The van der Waals surface area contributed by atoms with Gasteiger partial charge in [0.25, 0.3) is 0 Å². The van der Waals surface area contributed by atoms with Crippen molar-refractivity contribution < 1.29 is 4.79 Å². The molecule has 1 aliphatic carbocycles. The van der Waals surface area contributed by atoms with E-state index in [1.165, 1.54) is 0 Å². The molecule has 3 N–H and O–H groups in total. The molecule has 94 valence electrons. The topological polar surface area (TPSA) is 72.9 Å². The van der Waals surface area contributed by atoms with Crippen LogP contribution in [0.25, 0.3) is 0 Å². The van der Waals surface area contributed by atoms with Crippen molar-refractivity contribution in [1.82, 2.24) is 15.1 Å². The second-order valence-corrected chi connectivity index (χ2v) is 4.87. The van der Waals surface area contributed by atoms with Gasteiger partial charge < -0.3 is 11.1 Å². The summed E-state index contributed by atoms with van der Waals surface area (Å²) in [7, 11) is 1.89. The summed E-state index contributed by atoms with van der Waals surface area (Å²) < 4.78 is 1.77. The number of aromatic nitrogens is 2. The van der Waals surface area contributed by atoms with Crippen LogP contribution < -0.4 is 11.1 Å². The lowest BCUT2D eigenvalue weighted by Crippen LogP contribution is -2.50. The van der Waals surface area contributed by atoms with Gasteiger partial charge in [0.2, 0.25) is 5.91 Å². The SMILES string of the molecule is Cn1cc(CCNC(=O)C2(CN)CCC2)cn1. The molecule has 0 atom stereocenters. The molecule has 0 aliphatic heterocycles. The van der Waals surface area contributed by atoms with Gasteiger partial charge in [-0.3, -0.25) is 9.48 Å². The molecule has 0 spiro atoms. The Balaban J connectivity index is 1.77. The van der Waals surface area contributed by atoms with Crippen LogP contribution in [0, 0.1) is 5.41 Å². The smallest absolute Gasteiger partial charge is 0.227 e. The Bertz CT molecular complexity index is 389. The fourth-order valence-corrected chi connectivity index (χ4v) is 2.24. The lowest BCUT2D eigenvalue weighted by molar-refractivity contribution is -0.135. The van der Waals surface area contributed by atoms with Gasteiger partial charge in [0.15, 0.2) is 0 Å². The summed E-state index contributed by atoms with van der Waals surface area (Å²) in [6.45, 7) is 1.12. The first-order valence-electron chi connectivity index (χ1n) is 6.12. The van der Waals surface area contributed by atoms with E-state index in [-0.39, 0.29) is 11.3 Å². The van der Waals surface area contributed by atoms with Crippen molar-refractivity contribution in [2.24, 2.45) is 18.2 Å². The monoisotopic (exact) mass is 236 g/mol. The molecule has 0 bridgehead atoms. The van der Waals surface area contributed by atoms with Crippen LogP contribution in [0.5, 0.6) is 0 Å². The van der Waals surface area contributed by atoms with Crippen molar-refractivity contribution in [2.75, 3.05) is 13.1 Å². The van der Waals surface area contributed by atoms with E-state index in [9.17, 15) is 4.79 Å². The second-order valence-electron chi connectivity index (χ2n) is 4.87. The minimum absolute atomic E-state index is 0.121. The molecule has 0 saturated heterocycles. The number of carbonyl (C=O) groups excluding carboxylic acids is 1. The predicted molar refractivity (Wildman–Crippen MR) is 65.3 cm³/mol. The van der Waals surface area contributed by atoms with E-state index < -0.39 is 0 Å². The Morgan fingerprint density at radius 2 is 2.41 bits per heavy atom. The third-order valence-electron chi connectivity index (χ3n) is 3.64. The summed E-state index contributed by atoms with van der Waals surface area (Å²) in [5.41, 5.74) is 6.55. The van der Waals surface area contributed by atoms with Gasteiger partial charge in [-0.15, -0.1) is 0 Å². The summed E-state index contributed by atoms with van der Waals surface area (Å²) >= 11 is 0. The van der Waals surface area contributed by atoms with Crippen LogP contribution in [0.3, 0.4) is 0 Å². The zero-order valence-corrected chi connectivity index (χ0v) is 10.3. The van der Waals surface area contributed by atoms with Crippen LogP contribution in [-0.4, -0.2) is 28.8 Å². The van der Waals surface area contributed by atoms with E-state index in [0.29, 0.717) is 13.1 Å². The number of nitrogens with two attached hydrogens (primary N) is 1. The van der Waals surface area contributed by atoms with Crippen molar-refractivity contribution in [3.05, 3.63) is 18.0 Å². The van der Waals surface area contributed by atoms with Crippen LogP contribution in [0.1, 0.15) is 24.8 Å². The quantitative estimate of drug-likeness (QED) is 0.767. The zero-order chi connectivity index (χ0) is 12.3. The molecule has 1 fully saturated rings. The maximum atomic E-state index is 12.0. The molecular formula is C12H20N4O. The molecule has 5 heteroatoms. The second kappa shape index (κ2) is 4.87. The summed E-state index contributed by atoms with van der Waals surface area (Å²) in [6, 6.07) is 0. The molecule has 5 nitrogen and oxygen atoms in total. The van der Waals surface area contributed by atoms with E-state index >= 15 is 0 Å². The molecule has 1 aliphatic rings. The minimum Gasteiger partial charge on any atom is -0.355 e. The summed E-state index contributed by atoms with van der Waals surface area (Å²) in [4.78, 5) is 12.0. The van der Waals surface area contributed by atoms with Gasteiger partial charge in [0.05, 0.1) is 11.6 Å². The largest absolute Gasteiger partial charge is 0.355 e. The third-order valence-corrected chi connectivity index (χ3v) is 3.64. The Morgan fingerprint density at radius 1 is 1.65 bits per heavy atom. The minimum atomic E-state index is -0.269. The number of hydrogen-bond donors (Lipinski definition) is 2. The first-order valence-corrected chi connectivity index (χ1v) is 6.12. The molecule has 0 radical (unpaired) electrons. The average Bonchev–Trinajstić information content (AvgIpc) is 2.63. The molecule has 1 aromatic rings. The number of rotatable bonds is 5. The Labute approximate surface area is 101 Å². The summed E-state index contributed by atoms with van der Waals surface area (Å²) in [5.74, 6) is 0.121. The van der Waals surface area contributed by atoms with Crippen LogP contribution in [0.2, 0.25) is 0 Å². The van der Waals surface area contributed by atoms with Gasteiger partial charge in [-0.1, -0.05) is 6.42 Å². The van der Waals surface area contributed by atoms with E-state index in [2.05, 4.69) is 10.4 Å². The fraction of sp³-hybridized carbons (Fsp3) is 0.667. The van der Waals surface area contributed by atoms with Crippen LogP contribution in [0.4, 0.5) is 0 Å². The third kappa shape index (κ3) is 2.49. The fourth-order valence-electron chi connectivity index (χ4n) is 2.24. The van der Waals surface area contributed by atoms with Gasteiger partial charge >= 0.3 is 0 Å². The highest BCUT2D eigenvalue weighted by Gasteiger charge is 2.42. The van der Waals surface area contributed by atoms with E-state index in [1.54, 1.807) is 4.68 Å². The Hall–Kier alpha value is -1.36. The molecular weight excluding hydrogens is 216 g/mol. The maximum absolute atomic E-state index is 12.0. The van der Waals surface area contributed by atoms with Gasteiger partial charge in [-0.2, -0.15) is 5.10 Å². The van der Waals surface area contributed by atoms with Crippen LogP contribution >= 0.6 is 0 Å². The Morgan fingerprint density at radius 3 is 2.88 bits per heavy atom. The van der Waals surface area contributed by atoms with Gasteiger partial charge in [0, 0.05) is 26.3 Å². The lowest BCUT2D eigenvalue weighted by Gasteiger charge is -2.39. The van der Waals surface area contributed by atoms with Crippen molar-refractivity contribution in [3.8, 4) is 0 Å². The van der Waals surface area contributed by atoms with Crippen molar-refractivity contribution >= 4 is 5.91 Å². The number of amides is 1. The molecule has 1 heterocycles. The van der Waals surface area contributed by atoms with E-state index in [0.717, 1.165) is 31.2 Å². The molecule has 2 rings (SSSR count). The first-order chi connectivity index (χ1) is 8.16.